The van der Waals surface area contributed by atoms with Crippen molar-refractivity contribution in [1.29, 1.82) is 0 Å². The molecule has 17 heavy (non-hydrogen) atoms. The van der Waals surface area contributed by atoms with Gasteiger partial charge in [-0.1, -0.05) is 36.4 Å². The second kappa shape index (κ2) is 4.21. The average Bonchev–Trinajstić information content (AvgIpc) is 2.28. The topological polar surface area (TPSA) is 22.0 Å². The molecule has 0 aliphatic heterocycles. The Morgan fingerprint density at radius 1 is 0.882 bits per heavy atom. The van der Waals surface area contributed by atoms with Crippen molar-refractivity contribution >= 4 is 0 Å². The smallest absolute Gasteiger partial charge is 0.251 e. The molecule has 2 heteroatoms. The number of aromatic nitrogens is 1. The van der Waals surface area contributed by atoms with Crippen molar-refractivity contribution < 1.29 is 0 Å². The van der Waals surface area contributed by atoms with Crippen molar-refractivity contribution in [2.24, 2.45) is 0 Å². The maximum absolute atomic E-state index is 12.0. The van der Waals surface area contributed by atoms with Gasteiger partial charge in [-0.25, -0.2) is 0 Å². The molecule has 0 bridgehead atoms. The number of benzene rings is 1. The molecule has 2 rings (SSSR count). The van der Waals surface area contributed by atoms with E-state index in [0.29, 0.717) is 0 Å². The summed E-state index contributed by atoms with van der Waals surface area (Å²) in [6, 6.07) is 15.4. The Labute approximate surface area is 102 Å². The van der Waals surface area contributed by atoms with Gasteiger partial charge in [0.2, 0.25) is 0 Å². The molecule has 0 saturated carbocycles. The summed E-state index contributed by atoms with van der Waals surface area (Å²) in [5, 5.41) is 0. The fraction of sp³-hybridized carbons (Fsp3) is 0.267. The van der Waals surface area contributed by atoms with E-state index in [1.54, 1.807) is 6.07 Å². The lowest BCUT2D eigenvalue weighted by atomic mass is 10.0. The van der Waals surface area contributed by atoms with E-state index in [2.05, 4.69) is 0 Å². The van der Waals surface area contributed by atoms with E-state index in [0.717, 1.165) is 11.3 Å². The van der Waals surface area contributed by atoms with Crippen LogP contribution in [0.1, 0.15) is 20.8 Å². The van der Waals surface area contributed by atoms with Gasteiger partial charge in [0.15, 0.2) is 0 Å². The van der Waals surface area contributed by atoms with Crippen LogP contribution in [0.15, 0.2) is 53.3 Å². The minimum atomic E-state index is -0.219. The highest BCUT2D eigenvalue weighted by atomic mass is 16.1. The number of hydrogen-bond donors (Lipinski definition) is 0. The van der Waals surface area contributed by atoms with Crippen molar-refractivity contribution in [3.05, 3.63) is 58.9 Å². The van der Waals surface area contributed by atoms with Crippen LogP contribution < -0.4 is 5.56 Å². The Morgan fingerprint density at radius 3 is 2.12 bits per heavy atom. The Balaban J connectivity index is 2.72. The molecule has 2 nitrogen and oxygen atoms in total. The molecular weight excluding hydrogens is 210 g/mol. The van der Waals surface area contributed by atoms with E-state index >= 15 is 0 Å². The molecule has 0 aliphatic rings. The first-order valence-electron chi connectivity index (χ1n) is 5.78. The number of pyridine rings is 1. The van der Waals surface area contributed by atoms with E-state index in [1.165, 1.54) is 0 Å². The van der Waals surface area contributed by atoms with Gasteiger partial charge in [0.1, 0.15) is 0 Å². The second-order valence-corrected chi connectivity index (χ2v) is 5.12. The monoisotopic (exact) mass is 227 g/mol. The standard InChI is InChI=1S/C15H17NO/c1-15(2,3)16-13(10-7-11-14(16)17)12-8-5-4-6-9-12/h4-11H,1-3H3. The minimum Gasteiger partial charge on any atom is -0.303 e. The van der Waals surface area contributed by atoms with Gasteiger partial charge in [-0.15, -0.1) is 0 Å². The third-order valence-electron chi connectivity index (χ3n) is 2.69. The second-order valence-electron chi connectivity index (χ2n) is 5.12. The summed E-state index contributed by atoms with van der Waals surface area (Å²) in [6.45, 7) is 6.13. The van der Waals surface area contributed by atoms with Crippen molar-refractivity contribution in [3.63, 3.8) is 0 Å². The molecular formula is C15H17NO. The number of nitrogens with zero attached hydrogens (tertiary/aromatic N) is 1. The molecule has 88 valence electrons. The van der Waals surface area contributed by atoms with Crippen LogP contribution in [0.5, 0.6) is 0 Å². The zero-order chi connectivity index (χ0) is 12.5. The lowest BCUT2D eigenvalue weighted by molar-refractivity contribution is 0.389. The summed E-state index contributed by atoms with van der Waals surface area (Å²) in [4.78, 5) is 12.0. The van der Waals surface area contributed by atoms with Crippen molar-refractivity contribution in [2.75, 3.05) is 0 Å². The molecule has 0 N–H and O–H groups in total. The molecule has 0 unspecified atom stereocenters. The van der Waals surface area contributed by atoms with Crippen LogP contribution in [0.25, 0.3) is 11.3 Å². The van der Waals surface area contributed by atoms with Crippen LogP contribution in [-0.2, 0) is 5.54 Å². The van der Waals surface area contributed by atoms with Gasteiger partial charge in [0.25, 0.3) is 5.56 Å². The molecule has 1 aromatic heterocycles. The molecule has 1 heterocycles. The Hall–Kier alpha value is -1.83. The largest absolute Gasteiger partial charge is 0.303 e. The van der Waals surface area contributed by atoms with E-state index in [-0.39, 0.29) is 11.1 Å². The third kappa shape index (κ3) is 2.31. The fourth-order valence-electron chi connectivity index (χ4n) is 2.02. The van der Waals surface area contributed by atoms with Crippen LogP contribution in [0.4, 0.5) is 0 Å². The first-order chi connectivity index (χ1) is 8.00. The van der Waals surface area contributed by atoms with Gasteiger partial charge in [0, 0.05) is 11.6 Å². The molecule has 1 aromatic carbocycles. The normalized spacial score (nSPS) is 11.5. The van der Waals surface area contributed by atoms with Gasteiger partial charge in [-0.05, 0) is 32.4 Å². The van der Waals surface area contributed by atoms with Gasteiger partial charge in [0.05, 0.1) is 5.69 Å². The average molecular weight is 227 g/mol. The van der Waals surface area contributed by atoms with Gasteiger partial charge >= 0.3 is 0 Å². The van der Waals surface area contributed by atoms with Crippen molar-refractivity contribution in [2.45, 2.75) is 26.3 Å². The highest BCUT2D eigenvalue weighted by molar-refractivity contribution is 5.59. The zero-order valence-electron chi connectivity index (χ0n) is 10.5. The van der Waals surface area contributed by atoms with Crippen LogP contribution in [0, 0.1) is 0 Å². The summed E-state index contributed by atoms with van der Waals surface area (Å²) in [5.74, 6) is 0. The predicted octanol–water partition coefficient (Wildman–Crippen LogP) is 3.27. The lowest BCUT2D eigenvalue weighted by Crippen LogP contribution is -2.34. The van der Waals surface area contributed by atoms with Gasteiger partial charge in [-0.2, -0.15) is 0 Å². The van der Waals surface area contributed by atoms with Crippen LogP contribution in [-0.4, -0.2) is 4.57 Å². The first kappa shape index (κ1) is 11.6. The van der Waals surface area contributed by atoms with Gasteiger partial charge < -0.3 is 4.57 Å². The molecule has 0 fully saturated rings. The summed E-state index contributed by atoms with van der Waals surface area (Å²) >= 11 is 0. The molecule has 0 radical (unpaired) electrons. The summed E-state index contributed by atoms with van der Waals surface area (Å²) in [7, 11) is 0. The maximum Gasteiger partial charge on any atom is 0.251 e. The quantitative estimate of drug-likeness (QED) is 0.733. The Morgan fingerprint density at radius 2 is 1.53 bits per heavy atom. The summed E-state index contributed by atoms with van der Waals surface area (Å²) in [6.07, 6.45) is 0. The van der Waals surface area contributed by atoms with Crippen molar-refractivity contribution in [3.8, 4) is 11.3 Å². The van der Waals surface area contributed by atoms with E-state index in [4.69, 9.17) is 0 Å². The van der Waals surface area contributed by atoms with Crippen LogP contribution in [0.3, 0.4) is 0 Å². The molecule has 2 aromatic rings. The fourth-order valence-corrected chi connectivity index (χ4v) is 2.02. The number of hydrogen-bond acceptors (Lipinski definition) is 1. The molecule has 0 spiro atoms. The van der Waals surface area contributed by atoms with E-state index < -0.39 is 0 Å². The summed E-state index contributed by atoms with van der Waals surface area (Å²) in [5.41, 5.74) is 1.85. The van der Waals surface area contributed by atoms with E-state index in [9.17, 15) is 4.79 Å². The van der Waals surface area contributed by atoms with Gasteiger partial charge in [-0.3, -0.25) is 4.79 Å². The third-order valence-corrected chi connectivity index (χ3v) is 2.69. The predicted molar refractivity (Wildman–Crippen MR) is 71.1 cm³/mol. The highest BCUT2D eigenvalue weighted by Gasteiger charge is 2.18. The molecule has 0 amide bonds. The Kier molecular flexibility index (Phi) is 2.88. The highest BCUT2D eigenvalue weighted by Crippen LogP contribution is 2.23. The van der Waals surface area contributed by atoms with Crippen molar-refractivity contribution in [1.82, 2.24) is 4.57 Å². The SMILES string of the molecule is CC(C)(C)n1c(-c2ccccc2)cccc1=O. The van der Waals surface area contributed by atoms with Crippen LogP contribution in [0.2, 0.25) is 0 Å². The van der Waals surface area contributed by atoms with E-state index in [1.807, 2.05) is 67.8 Å². The zero-order valence-corrected chi connectivity index (χ0v) is 10.5. The molecule has 0 aliphatic carbocycles. The maximum atomic E-state index is 12.0. The number of rotatable bonds is 1. The molecule has 0 saturated heterocycles. The summed E-state index contributed by atoms with van der Waals surface area (Å²) < 4.78 is 1.84. The first-order valence-corrected chi connectivity index (χ1v) is 5.78. The lowest BCUT2D eigenvalue weighted by Gasteiger charge is -2.26. The Bertz CT molecular complexity index is 561. The minimum absolute atomic E-state index is 0.0406. The van der Waals surface area contributed by atoms with Crippen LogP contribution >= 0.6 is 0 Å². The molecule has 0 atom stereocenters.